The van der Waals surface area contributed by atoms with Crippen LogP contribution in [0.2, 0.25) is 0 Å². The van der Waals surface area contributed by atoms with Gasteiger partial charge in [0.15, 0.2) is 0 Å². The molecule has 0 spiro atoms. The summed E-state index contributed by atoms with van der Waals surface area (Å²) in [5.74, 6) is -0.634. The minimum Gasteiger partial charge on any atom is -0.367 e. The number of allylic oxidation sites excluding steroid dienone is 2. The molecule has 0 saturated carbocycles. The number of ketones is 2. The van der Waals surface area contributed by atoms with Gasteiger partial charge in [0.1, 0.15) is 21.5 Å². The molecule has 2 heterocycles. The van der Waals surface area contributed by atoms with Crippen LogP contribution in [0.25, 0.3) is 0 Å². The van der Waals surface area contributed by atoms with E-state index in [1.807, 2.05) is 9.80 Å². The molecule has 0 radical (unpaired) electrons. The standard InChI is InChI=1S/C12H12Cl2N2O2/c13-7-9(15-3-1-4-15)11(17)8(14)10(12(7)18)16-5-2-6-16/h1-6H2. The minimum absolute atomic E-state index is 0.0194. The summed E-state index contributed by atoms with van der Waals surface area (Å²) in [6, 6.07) is 0. The maximum absolute atomic E-state index is 12.2. The summed E-state index contributed by atoms with van der Waals surface area (Å²) in [5, 5.41) is 0.0389. The third-order valence-electron chi connectivity index (χ3n) is 3.59. The van der Waals surface area contributed by atoms with E-state index >= 15 is 0 Å². The average molecular weight is 287 g/mol. The van der Waals surface area contributed by atoms with Crippen LogP contribution in [0.15, 0.2) is 21.5 Å². The molecule has 1 aliphatic carbocycles. The highest BCUT2D eigenvalue weighted by molar-refractivity contribution is 6.55. The van der Waals surface area contributed by atoms with Crippen LogP contribution >= 0.6 is 23.2 Å². The van der Waals surface area contributed by atoms with Gasteiger partial charge in [-0.15, -0.1) is 0 Å². The molecule has 0 bridgehead atoms. The second-order valence-corrected chi connectivity index (χ2v) is 5.42. The van der Waals surface area contributed by atoms with E-state index in [4.69, 9.17) is 23.2 Å². The van der Waals surface area contributed by atoms with E-state index in [1.165, 1.54) is 0 Å². The van der Waals surface area contributed by atoms with Gasteiger partial charge >= 0.3 is 0 Å². The molecule has 18 heavy (non-hydrogen) atoms. The lowest BCUT2D eigenvalue weighted by atomic mass is 9.99. The van der Waals surface area contributed by atoms with E-state index in [1.54, 1.807) is 0 Å². The summed E-state index contributed by atoms with van der Waals surface area (Å²) in [6.07, 6.45) is 2.02. The predicted octanol–water partition coefficient (Wildman–Crippen LogP) is 1.45. The summed E-state index contributed by atoms with van der Waals surface area (Å²) in [4.78, 5) is 28.1. The largest absolute Gasteiger partial charge is 0.367 e. The van der Waals surface area contributed by atoms with Crippen molar-refractivity contribution in [3.05, 3.63) is 21.5 Å². The zero-order valence-corrected chi connectivity index (χ0v) is 11.2. The Morgan fingerprint density at radius 2 is 1.06 bits per heavy atom. The number of Topliss-reactive ketones (excluding diaryl/α,β-unsaturated/α-hetero) is 2. The normalized spacial score (nSPS) is 24.6. The molecule has 0 N–H and O–H groups in total. The zero-order valence-electron chi connectivity index (χ0n) is 9.71. The molecule has 6 heteroatoms. The summed E-state index contributed by atoms with van der Waals surface area (Å²) < 4.78 is 0. The van der Waals surface area contributed by atoms with Crippen LogP contribution in [0.5, 0.6) is 0 Å². The first-order valence-corrected chi connectivity index (χ1v) is 6.75. The highest BCUT2D eigenvalue weighted by atomic mass is 35.5. The summed E-state index contributed by atoms with van der Waals surface area (Å²) in [7, 11) is 0. The lowest BCUT2D eigenvalue weighted by Gasteiger charge is -2.39. The third kappa shape index (κ3) is 1.59. The Morgan fingerprint density at radius 1 is 0.722 bits per heavy atom. The summed E-state index contributed by atoms with van der Waals surface area (Å²) in [6.45, 7) is 3.03. The van der Waals surface area contributed by atoms with Gasteiger partial charge in [-0.05, 0) is 12.8 Å². The highest BCUT2D eigenvalue weighted by Gasteiger charge is 2.40. The Balaban J connectivity index is 1.99. The number of carbonyl (C=O) groups excluding carboxylic acids is 2. The van der Waals surface area contributed by atoms with Gasteiger partial charge in [-0.3, -0.25) is 9.59 Å². The van der Waals surface area contributed by atoms with Crippen LogP contribution in [-0.4, -0.2) is 47.5 Å². The van der Waals surface area contributed by atoms with Gasteiger partial charge in [-0.25, -0.2) is 0 Å². The minimum atomic E-state index is -0.317. The smallest absolute Gasteiger partial charge is 0.224 e. The molecule has 3 rings (SSSR count). The van der Waals surface area contributed by atoms with Gasteiger partial charge < -0.3 is 9.80 Å². The van der Waals surface area contributed by atoms with Crippen molar-refractivity contribution in [3.8, 4) is 0 Å². The second kappa shape index (κ2) is 4.28. The van der Waals surface area contributed by atoms with Gasteiger partial charge in [-0.2, -0.15) is 0 Å². The lowest BCUT2D eigenvalue weighted by molar-refractivity contribution is -0.118. The number of hydrogen-bond donors (Lipinski definition) is 0. The lowest BCUT2D eigenvalue weighted by Crippen LogP contribution is -2.45. The molecular formula is C12H12Cl2N2O2. The molecular weight excluding hydrogens is 275 g/mol. The Morgan fingerprint density at radius 3 is 1.28 bits per heavy atom. The quantitative estimate of drug-likeness (QED) is 0.721. The molecule has 0 atom stereocenters. The average Bonchev–Trinajstić information content (AvgIpc) is 2.22. The van der Waals surface area contributed by atoms with Crippen molar-refractivity contribution in [1.82, 2.24) is 9.80 Å². The van der Waals surface area contributed by atoms with E-state index in [0.29, 0.717) is 0 Å². The molecule has 0 unspecified atom stereocenters. The maximum Gasteiger partial charge on any atom is 0.224 e. The van der Waals surface area contributed by atoms with Crippen molar-refractivity contribution >= 4 is 34.8 Å². The van der Waals surface area contributed by atoms with Crippen molar-refractivity contribution in [2.75, 3.05) is 26.2 Å². The molecule has 0 amide bonds. The molecule has 96 valence electrons. The molecule has 2 fully saturated rings. The van der Waals surface area contributed by atoms with Crippen molar-refractivity contribution in [2.45, 2.75) is 12.8 Å². The van der Waals surface area contributed by atoms with Crippen LogP contribution < -0.4 is 0 Å². The van der Waals surface area contributed by atoms with Crippen LogP contribution in [0.3, 0.4) is 0 Å². The van der Waals surface area contributed by atoms with E-state index in [9.17, 15) is 9.59 Å². The van der Waals surface area contributed by atoms with Crippen molar-refractivity contribution < 1.29 is 9.59 Å². The topological polar surface area (TPSA) is 40.6 Å². The fourth-order valence-electron chi connectivity index (χ4n) is 2.27. The molecule has 3 aliphatic rings. The molecule has 0 aromatic rings. The molecule has 4 nitrogen and oxygen atoms in total. The number of hydrogen-bond acceptors (Lipinski definition) is 4. The maximum atomic E-state index is 12.2. The Labute approximate surface area is 115 Å². The number of halogens is 2. The Kier molecular flexibility index (Phi) is 2.87. The van der Waals surface area contributed by atoms with Gasteiger partial charge in [-0.1, -0.05) is 23.2 Å². The van der Waals surface area contributed by atoms with Crippen molar-refractivity contribution in [2.24, 2.45) is 0 Å². The molecule has 2 saturated heterocycles. The van der Waals surface area contributed by atoms with Crippen LogP contribution in [0.4, 0.5) is 0 Å². The highest BCUT2D eigenvalue weighted by Crippen LogP contribution is 2.35. The van der Waals surface area contributed by atoms with Gasteiger partial charge in [0, 0.05) is 26.2 Å². The van der Waals surface area contributed by atoms with E-state index in [0.717, 1.165) is 39.0 Å². The molecule has 0 aromatic heterocycles. The van der Waals surface area contributed by atoms with Crippen LogP contribution in [0, 0.1) is 0 Å². The van der Waals surface area contributed by atoms with Crippen LogP contribution in [-0.2, 0) is 9.59 Å². The van der Waals surface area contributed by atoms with Gasteiger partial charge in [0.2, 0.25) is 11.6 Å². The zero-order chi connectivity index (χ0) is 12.9. The van der Waals surface area contributed by atoms with Gasteiger partial charge in [0.25, 0.3) is 0 Å². The fourth-order valence-corrected chi connectivity index (χ4v) is 2.86. The first-order chi connectivity index (χ1) is 8.61. The molecule has 2 aliphatic heterocycles. The molecule has 0 aromatic carbocycles. The third-order valence-corrected chi connectivity index (χ3v) is 4.29. The Hall–Kier alpha value is -1.00. The van der Waals surface area contributed by atoms with Crippen molar-refractivity contribution in [3.63, 3.8) is 0 Å². The van der Waals surface area contributed by atoms with E-state index < -0.39 is 0 Å². The van der Waals surface area contributed by atoms with E-state index in [-0.39, 0.29) is 33.0 Å². The SMILES string of the molecule is O=C1C(Cl)=C(N2CCC2)C(=O)C(Cl)=C1N1CCC1. The first-order valence-electron chi connectivity index (χ1n) is 6.00. The van der Waals surface area contributed by atoms with Crippen molar-refractivity contribution in [1.29, 1.82) is 0 Å². The number of rotatable bonds is 2. The summed E-state index contributed by atoms with van der Waals surface area (Å²) >= 11 is 12.1. The monoisotopic (exact) mass is 286 g/mol. The van der Waals surface area contributed by atoms with Crippen LogP contribution in [0.1, 0.15) is 12.8 Å². The van der Waals surface area contributed by atoms with E-state index in [2.05, 4.69) is 0 Å². The number of carbonyl (C=O) groups is 2. The fraction of sp³-hybridized carbons (Fsp3) is 0.500. The first kappa shape index (κ1) is 12.1. The second-order valence-electron chi connectivity index (χ2n) is 4.66. The summed E-state index contributed by atoms with van der Waals surface area (Å²) in [5.41, 5.74) is 0.560. The number of nitrogens with zero attached hydrogens (tertiary/aromatic N) is 2. The van der Waals surface area contributed by atoms with Gasteiger partial charge in [0.05, 0.1) is 0 Å². The Bertz CT molecular complexity index is 456. The predicted molar refractivity (Wildman–Crippen MR) is 68.2 cm³/mol. The number of likely N-dealkylation sites (tertiary alicyclic amines) is 2.